The van der Waals surface area contributed by atoms with Gasteiger partial charge in [-0.05, 0) is 36.6 Å². The third-order valence-electron chi connectivity index (χ3n) is 3.52. The SMILES string of the molecule is COCC1CCCC(=O)/C1=C\c1ccc(OC)cc1. The Kier molecular flexibility index (Phi) is 4.74. The van der Waals surface area contributed by atoms with Crippen molar-refractivity contribution in [2.75, 3.05) is 20.8 Å². The van der Waals surface area contributed by atoms with Crippen LogP contribution in [0.25, 0.3) is 6.08 Å². The molecular formula is C16H20O3. The topological polar surface area (TPSA) is 35.5 Å². The molecule has 0 aliphatic heterocycles. The van der Waals surface area contributed by atoms with E-state index in [1.165, 1.54) is 0 Å². The highest BCUT2D eigenvalue weighted by atomic mass is 16.5. The van der Waals surface area contributed by atoms with Crippen molar-refractivity contribution < 1.29 is 14.3 Å². The molecule has 0 aromatic heterocycles. The van der Waals surface area contributed by atoms with E-state index in [0.717, 1.165) is 29.7 Å². The lowest BCUT2D eigenvalue weighted by Gasteiger charge is -2.23. The second-order valence-corrected chi connectivity index (χ2v) is 4.84. The first-order valence-electron chi connectivity index (χ1n) is 6.62. The Morgan fingerprint density at radius 1 is 1.26 bits per heavy atom. The molecule has 1 aromatic rings. The third-order valence-corrected chi connectivity index (χ3v) is 3.52. The molecule has 1 aliphatic rings. The normalized spacial score (nSPS) is 21.7. The zero-order valence-electron chi connectivity index (χ0n) is 11.5. The van der Waals surface area contributed by atoms with Crippen LogP contribution < -0.4 is 4.74 Å². The van der Waals surface area contributed by atoms with Gasteiger partial charge in [0.15, 0.2) is 5.78 Å². The van der Waals surface area contributed by atoms with Gasteiger partial charge in [-0.1, -0.05) is 12.1 Å². The first-order valence-corrected chi connectivity index (χ1v) is 6.62. The van der Waals surface area contributed by atoms with Gasteiger partial charge in [-0.25, -0.2) is 0 Å². The lowest BCUT2D eigenvalue weighted by molar-refractivity contribution is -0.117. The van der Waals surface area contributed by atoms with Gasteiger partial charge in [0.1, 0.15) is 5.75 Å². The summed E-state index contributed by atoms with van der Waals surface area (Å²) < 4.78 is 10.4. The Morgan fingerprint density at radius 3 is 2.63 bits per heavy atom. The first-order chi connectivity index (χ1) is 9.24. The summed E-state index contributed by atoms with van der Waals surface area (Å²) in [7, 11) is 3.33. The highest BCUT2D eigenvalue weighted by Crippen LogP contribution is 2.29. The molecular weight excluding hydrogens is 240 g/mol. The predicted octanol–water partition coefficient (Wildman–Crippen LogP) is 3.09. The Labute approximate surface area is 114 Å². The third kappa shape index (κ3) is 3.44. The van der Waals surface area contributed by atoms with Crippen LogP contribution in [0.4, 0.5) is 0 Å². The highest BCUT2D eigenvalue weighted by Gasteiger charge is 2.25. The van der Waals surface area contributed by atoms with E-state index in [1.54, 1.807) is 14.2 Å². The molecule has 3 heteroatoms. The minimum atomic E-state index is 0.230. The number of carbonyl (C=O) groups excluding carboxylic acids is 1. The molecule has 3 nitrogen and oxygen atoms in total. The lowest BCUT2D eigenvalue weighted by atomic mass is 9.83. The molecule has 0 radical (unpaired) electrons. The van der Waals surface area contributed by atoms with E-state index in [9.17, 15) is 4.79 Å². The molecule has 1 aromatic carbocycles. The summed E-state index contributed by atoms with van der Waals surface area (Å²) in [6.45, 7) is 0.619. The number of ether oxygens (including phenoxy) is 2. The molecule has 0 amide bonds. The fourth-order valence-electron chi connectivity index (χ4n) is 2.49. The van der Waals surface area contributed by atoms with Gasteiger partial charge in [0.05, 0.1) is 13.7 Å². The number of Topliss-reactive ketones (excluding diaryl/α,β-unsaturated/α-hetero) is 1. The molecule has 0 heterocycles. The summed E-state index contributed by atoms with van der Waals surface area (Å²) in [5.41, 5.74) is 1.94. The molecule has 1 aliphatic carbocycles. The van der Waals surface area contributed by atoms with Crippen molar-refractivity contribution in [1.82, 2.24) is 0 Å². The van der Waals surface area contributed by atoms with Crippen LogP contribution in [0.1, 0.15) is 24.8 Å². The molecule has 1 unspecified atom stereocenters. The summed E-state index contributed by atoms with van der Waals surface area (Å²) in [6, 6.07) is 7.76. The first kappa shape index (κ1) is 13.8. The number of ketones is 1. The van der Waals surface area contributed by atoms with E-state index in [0.29, 0.717) is 13.0 Å². The van der Waals surface area contributed by atoms with Gasteiger partial charge in [-0.15, -0.1) is 0 Å². The molecule has 1 fully saturated rings. The number of methoxy groups -OCH3 is 2. The standard InChI is InChI=1S/C16H20O3/c1-18-11-13-4-3-5-16(17)15(13)10-12-6-8-14(19-2)9-7-12/h6-10,13H,3-5,11H2,1-2H3/b15-10-. The largest absolute Gasteiger partial charge is 0.497 e. The van der Waals surface area contributed by atoms with Gasteiger partial charge in [-0.2, -0.15) is 0 Å². The summed E-state index contributed by atoms with van der Waals surface area (Å²) in [5, 5.41) is 0. The maximum absolute atomic E-state index is 12.1. The van der Waals surface area contributed by atoms with Crippen LogP contribution in [0, 0.1) is 5.92 Å². The van der Waals surface area contributed by atoms with Crippen molar-refractivity contribution in [1.29, 1.82) is 0 Å². The zero-order valence-corrected chi connectivity index (χ0v) is 11.5. The molecule has 19 heavy (non-hydrogen) atoms. The van der Waals surface area contributed by atoms with E-state index in [4.69, 9.17) is 9.47 Å². The second-order valence-electron chi connectivity index (χ2n) is 4.84. The van der Waals surface area contributed by atoms with Crippen LogP contribution in [0.2, 0.25) is 0 Å². The van der Waals surface area contributed by atoms with Crippen LogP contribution in [0.3, 0.4) is 0 Å². The number of benzene rings is 1. The molecule has 1 saturated carbocycles. The van der Waals surface area contributed by atoms with Crippen LogP contribution in [0.5, 0.6) is 5.75 Å². The van der Waals surface area contributed by atoms with Gasteiger partial charge in [0, 0.05) is 25.0 Å². The Balaban J connectivity index is 2.23. The molecule has 102 valence electrons. The number of carbonyl (C=O) groups is 1. The summed E-state index contributed by atoms with van der Waals surface area (Å²) >= 11 is 0. The van der Waals surface area contributed by atoms with Crippen molar-refractivity contribution in [3.05, 3.63) is 35.4 Å². The number of rotatable bonds is 4. The van der Waals surface area contributed by atoms with Crippen molar-refractivity contribution in [2.24, 2.45) is 5.92 Å². The quantitative estimate of drug-likeness (QED) is 0.780. The molecule has 2 rings (SSSR count). The van der Waals surface area contributed by atoms with Crippen LogP contribution in [-0.4, -0.2) is 26.6 Å². The molecule has 0 bridgehead atoms. The molecule has 0 spiro atoms. The Hall–Kier alpha value is -1.61. The van der Waals surface area contributed by atoms with Crippen LogP contribution >= 0.6 is 0 Å². The van der Waals surface area contributed by atoms with Gasteiger partial charge < -0.3 is 9.47 Å². The molecule has 1 atom stereocenters. The van der Waals surface area contributed by atoms with Crippen molar-refractivity contribution in [3.63, 3.8) is 0 Å². The fourth-order valence-corrected chi connectivity index (χ4v) is 2.49. The summed E-state index contributed by atoms with van der Waals surface area (Å²) in [6.07, 6.45) is 4.64. The van der Waals surface area contributed by atoms with E-state index in [1.807, 2.05) is 30.3 Å². The van der Waals surface area contributed by atoms with Gasteiger partial charge in [-0.3, -0.25) is 4.79 Å². The number of hydrogen-bond acceptors (Lipinski definition) is 3. The Bertz CT molecular complexity index is 457. The monoisotopic (exact) mass is 260 g/mol. The summed E-state index contributed by atoms with van der Waals surface area (Å²) in [5.74, 6) is 1.31. The van der Waals surface area contributed by atoms with Gasteiger partial charge in [0.25, 0.3) is 0 Å². The van der Waals surface area contributed by atoms with Crippen LogP contribution in [0.15, 0.2) is 29.8 Å². The van der Waals surface area contributed by atoms with Crippen LogP contribution in [-0.2, 0) is 9.53 Å². The smallest absolute Gasteiger partial charge is 0.159 e. The second kappa shape index (κ2) is 6.53. The maximum atomic E-state index is 12.1. The lowest BCUT2D eigenvalue weighted by Crippen LogP contribution is -2.22. The van der Waals surface area contributed by atoms with E-state index < -0.39 is 0 Å². The highest BCUT2D eigenvalue weighted by molar-refractivity contribution is 6.00. The fraction of sp³-hybridized carbons (Fsp3) is 0.438. The molecule has 0 saturated heterocycles. The predicted molar refractivity (Wildman–Crippen MR) is 75.2 cm³/mol. The van der Waals surface area contributed by atoms with Gasteiger partial charge >= 0.3 is 0 Å². The average Bonchev–Trinajstić information content (AvgIpc) is 2.44. The minimum Gasteiger partial charge on any atom is -0.497 e. The van der Waals surface area contributed by atoms with Gasteiger partial charge in [0.2, 0.25) is 0 Å². The number of hydrogen-bond donors (Lipinski definition) is 0. The van der Waals surface area contributed by atoms with Crippen molar-refractivity contribution in [3.8, 4) is 5.75 Å². The minimum absolute atomic E-state index is 0.230. The average molecular weight is 260 g/mol. The summed E-state index contributed by atoms with van der Waals surface area (Å²) in [4.78, 5) is 12.1. The van der Waals surface area contributed by atoms with E-state index in [-0.39, 0.29) is 11.7 Å². The van der Waals surface area contributed by atoms with E-state index >= 15 is 0 Å². The Morgan fingerprint density at radius 2 is 2.00 bits per heavy atom. The maximum Gasteiger partial charge on any atom is 0.159 e. The van der Waals surface area contributed by atoms with Crippen molar-refractivity contribution in [2.45, 2.75) is 19.3 Å². The molecule has 0 N–H and O–H groups in total. The zero-order chi connectivity index (χ0) is 13.7. The van der Waals surface area contributed by atoms with Crippen molar-refractivity contribution >= 4 is 11.9 Å². The van der Waals surface area contributed by atoms with E-state index in [2.05, 4.69) is 0 Å².